The average Bonchev–Trinajstić information content (AvgIpc) is 2.39. The molecule has 2 unspecified atom stereocenters. The third-order valence-electron chi connectivity index (χ3n) is 3.87. The molecule has 0 spiro atoms. The first-order valence-electron chi connectivity index (χ1n) is 6.54. The second kappa shape index (κ2) is 5.35. The lowest BCUT2D eigenvalue weighted by Gasteiger charge is -2.29. The molecule has 1 aliphatic carbocycles. The summed E-state index contributed by atoms with van der Waals surface area (Å²) in [6.07, 6.45) is 5.07. The van der Waals surface area contributed by atoms with Crippen molar-refractivity contribution >= 4 is 5.97 Å². The molecule has 0 saturated heterocycles. The van der Waals surface area contributed by atoms with Crippen LogP contribution >= 0.6 is 0 Å². The van der Waals surface area contributed by atoms with Crippen LogP contribution in [-0.2, 0) is 11.2 Å². The van der Waals surface area contributed by atoms with Crippen LogP contribution in [0.3, 0.4) is 0 Å². The minimum absolute atomic E-state index is 0.184. The number of hydrogen-bond acceptors (Lipinski definition) is 1. The number of rotatable bonds is 3. The monoisotopic (exact) mass is 232 g/mol. The maximum absolute atomic E-state index is 11.3. The Balaban J connectivity index is 2.26. The Bertz CT molecular complexity index is 398. The SMILES string of the molecule is CCc1cccc(C2CCCCC2C(=O)O)c1. The van der Waals surface area contributed by atoms with Crippen molar-refractivity contribution in [2.45, 2.75) is 44.9 Å². The van der Waals surface area contributed by atoms with Gasteiger partial charge in [0.25, 0.3) is 0 Å². The molecule has 1 saturated carbocycles. The second-order valence-electron chi connectivity index (χ2n) is 4.93. The topological polar surface area (TPSA) is 37.3 Å². The summed E-state index contributed by atoms with van der Waals surface area (Å²) in [4.78, 5) is 11.3. The third kappa shape index (κ3) is 2.68. The van der Waals surface area contributed by atoms with E-state index in [1.165, 1.54) is 11.1 Å². The summed E-state index contributed by atoms with van der Waals surface area (Å²) in [5, 5.41) is 9.30. The van der Waals surface area contributed by atoms with Crippen molar-refractivity contribution in [1.29, 1.82) is 0 Å². The predicted molar refractivity (Wildman–Crippen MR) is 68.2 cm³/mol. The van der Waals surface area contributed by atoms with E-state index in [0.717, 1.165) is 32.1 Å². The second-order valence-corrected chi connectivity index (χ2v) is 4.93. The molecular weight excluding hydrogens is 212 g/mol. The van der Waals surface area contributed by atoms with E-state index in [1.807, 2.05) is 0 Å². The van der Waals surface area contributed by atoms with Crippen molar-refractivity contribution < 1.29 is 9.90 Å². The van der Waals surface area contributed by atoms with Gasteiger partial charge in [0.05, 0.1) is 5.92 Å². The quantitative estimate of drug-likeness (QED) is 0.864. The van der Waals surface area contributed by atoms with Crippen LogP contribution in [0.4, 0.5) is 0 Å². The van der Waals surface area contributed by atoms with Crippen molar-refractivity contribution in [2.75, 3.05) is 0 Å². The number of carboxylic acid groups (broad SMARTS) is 1. The zero-order chi connectivity index (χ0) is 12.3. The summed E-state index contributed by atoms with van der Waals surface area (Å²) < 4.78 is 0. The van der Waals surface area contributed by atoms with Crippen molar-refractivity contribution in [3.63, 3.8) is 0 Å². The molecule has 0 aromatic heterocycles. The standard InChI is InChI=1S/C15H20O2/c1-2-11-6-5-7-12(10-11)13-8-3-4-9-14(13)15(16)17/h5-7,10,13-14H,2-4,8-9H2,1H3,(H,16,17). The zero-order valence-corrected chi connectivity index (χ0v) is 10.4. The summed E-state index contributed by atoms with van der Waals surface area (Å²) in [6, 6.07) is 8.45. The molecule has 2 rings (SSSR count). The van der Waals surface area contributed by atoms with Crippen molar-refractivity contribution in [1.82, 2.24) is 0 Å². The highest BCUT2D eigenvalue weighted by Crippen LogP contribution is 2.38. The van der Waals surface area contributed by atoms with E-state index in [1.54, 1.807) is 0 Å². The van der Waals surface area contributed by atoms with Crippen molar-refractivity contribution in [3.8, 4) is 0 Å². The number of aliphatic carboxylic acids is 1. The van der Waals surface area contributed by atoms with Gasteiger partial charge in [-0.1, -0.05) is 44.0 Å². The number of aryl methyl sites for hydroxylation is 1. The Labute approximate surface area is 103 Å². The van der Waals surface area contributed by atoms with Crippen LogP contribution in [0.5, 0.6) is 0 Å². The van der Waals surface area contributed by atoms with E-state index in [9.17, 15) is 9.90 Å². The molecule has 0 bridgehead atoms. The van der Waals surface area contributed by atoms with Gasteiger partial charge in [0.15, 0.2) is 0 Å². The van der Waals surface area contributed by atoms with Gasteiger partial charge >= 0.3 is 5.97 Å². The maximum Gasteiger partial charge on any atom is 0.307 e. The molecule has 2 atom stereocenters. The van der Waals surface area contributed by atoms with Crippen LogP contribution < -0.4 is 0 Å². The summed E-state index contributed by atoms with van der Waals surface area (Å²) in [5.41, 5.74) is 2.52. The maximum atomic E-state index is 11.3. The van der Waals surface area contributed by atoms with Gasteiger partial charge in [0, 0.05) is 0 Å². The van der Waals surface area contributed by atoms with Gasteiger partial charge in [-0.05, 0) is 36.3 Å². The van der Waals surface area contributed by atoms with Gasteiger partial charge in [-0.25, -0.2) is 0 Å². The first kappa shape index (κ1) is 12.2. The molecule has 1 aromatic carbocycles. The first-order valence-corrected chi connectivity index (χ1v) is 6.54. The Hall–Kier alpha value is -1.31. The van der Waals surface area contributed by atoms with Crippen LogP contribution in [0.25, 0.3) is 0 Å². The number of carboxylic acids is 1. The molecule has 2 nitrogen and oxygen atoms in total. The molecule has 0 amide bonds. The van der Waals surface area contributed by atoms with E-state index in [4.69, 9.17) is 0 Å². The number of carbonyl (C=O) groups is 1. The molecule has 0 heterocycles. The zero-order valence-electron chi connectivity index (χ0n) is 10.4. The summed E-state index contributed by atoms with van der Waals surface area (Å²) in [7, 11) is 0. The van der Waals surface area contributed by atoms with E-state index in [-0.39, 0.29) is 11.8 Å². The minimum Gasteiger partial charge on any atom is -0.481 e. The van der Waals surface area contributed by atoms with E-state index in [0.29, 0.717) is 0 Å². The van der Waals surface area contributed by atoms with Gasteiger partial charge in [0.1, 0.15) is 0 Å². The number of hydrogen-bond donors (Lipinski definition) is 1. The summed E-state index contributed by atoms with van der Waals surface area (Å²) >= 11 is 0. The van der Waals surface area contributed by atoms with Crippen LogP contribution in [0, 0.1) is 5.92 Å². The van der Waals surface area contributed by atoms with Crippen molar-refractivity contribution in [2.24, 2.45) is 5.92 Å². The Morgan fingerprint density at radius 2 is 2.12 bits per heavy atom. The Kier molecular flexibility index (Phi) is 3.82. The van der Waals surface area contributed by atoms with E-state index < -0.39 is 5.97 Å². The minimum atomic E-state index is -0.628. The van der Waals surface area contributed by atoms with Gasteiger partial charge in [-0.2, -0.15) is 0 Å². The molecule has 0 radical (unpaired) electrons. The summed E-state index contributed by atoms with van der Waals surface area (Å²) in [6.45, 7) is 2.13. The number of benzene rings is 1. The normalized spacial score (nSPS) is 24.5. The van der Waals surface area contributed by atoms with Gasteiger partial charge in [-0.3, -0.25) is 4.79 Å². The van der Waals surface area contributed by atoms with Crippen LogP contribution in [0.2, 0.25) is 0 Å². The first-order chi connectivity index (χ1) is 8.22. The van der Waals surface area contributed by atoms with Gasteiger partial charge in [-0.15, -0.1) is 0 Å². The molecule has 92 valence electrons. The molecule has 1 aromatic rings. The fourth-order valence-electron chi connectivity index (χ4n) is 2.87. The summed E-state index contributed by atoms with van der Waals surface area (Å²) in [5.74, 6) is -0.597. The molecule has 2 heteroatoms. The van der Waals surface area contributed by atoms with Crippen LogP contribution in [-0.4, -0.2) is 11.1 Å². The average molecular weight is 232 g/mol. The van der Waals surface area contributed by atoms with Crippen LogP contribution in [0.15, 0.2) is 24.3 Å². The van der Waals surface area contributed by atoms with Crippen LogP contribution in [0.1, 0.15) is 49.7 Å². The van der Waals surface area contributed by atoms with Crippen molar-refractivity contribution in [3.05, 3.63) is 35.4 Å². The van der Waals surface area contributed by atoms with Gasteiger partial charge < -0.3 is 5.11 Å². The lowest BCUT2D eigenvalue weighted by Crippen LogP contribution is -2.25. The Morgan fingerprint density at radius 1 is 1.35 bits per heavy atom. The smallest absolute Gasteiger partial charge is 0.307 e. The lowest BCUT2D eigenvalue weighted by atomic mass is 9.75. The molecule has 1 aliphatic rings. The molecule has 1 N–H and O–H groups in total. The fraction of sp³-hybridized carbons (Fsp3) is 0.533. The predicted octanol–water partition coefficient (Wildman–Crippen LogP) is 3.61. The molecule has 17 heavy (non-hydrogen) atoms. The molecule has 0 aliphatic heterocycles. The van der Waals surface area contributed by atoms with E-state index in [2.05, 4.69) is 31.2 Å². The highest BCUT2D eigenvalue weighted by molar-refractivity contribution is 5.71. The Morgan fingerprint density at radius 3 is 2.82 bits per heavy atom. The molecule has 1 fully saturated rings. The highest BCUT2D eigenvalue weighted by atomic mass is 16.4. The largest absolute Gasteiger partial charge is 0.481 e. The van der Waals surface area contributed by atoms with Gasteiger partial charge in [0.2, 0.25) is 0 Å². The third-order valence-corrected chi connectivity index (χ3v) is 3.87. The van der Waals surface area contributed by atoms with E-state index >= 15 is 0 Å². The molecular formula is C15H20O2. The lowest BCUT2D eigenvalue weighted by molar-refractivity contribution is -0.143. The highest BCUT2D eigenvalue weighted by Gasteiger charge is 2.31. The fourth-order valence-corrected chi connectivity index (χ4v) is 2.87.